The Kier molecular flexibility index (Phi) is 5.58. The van der Waals surface area contributed by atoms with Crippen molar-refractivity contribution in [3.63, 3.8) is 0 Å². The zero-order valence-electron chi connectivity index (χ0n) is 9.96. The van der Waals surface area contributed by atoms with E-state index in [-0.39, 0.29) is 11.7 Å². The lowest BCUT2D eigenvalue weighted by molar-refractivity contribution is -0.128. The fourth-order valence-electron chi connectivity index (χ4n) is 1.43. The van der Waals surface area contributed by atoms with Crippen LogP contribution >= 0.6 is 15.9 Å². The molecule has 1 amide bonds. The predicted octanol–water partition coefficient (Wildman–Crippen LogP) is 1.81. The number of carbonyl (C=O) groups is 1. The Morgan fingerprint density at radius 2 is 2.24 bits per heavy atom. The minimum Gasteiger partial charge on any atom is -0.344 e. The molecule has 0 aliphatic heterocycles. The summed E-state index contributed by atoms with van der Waals surface area (Å²) in [5.41, 5.74) is 0.614. The van der Waals surface area contributed by atoms with Gasteiger partial charge in [0.25, 0.3) is 0 Å². The van der Waals surface area contributed by atoms with Crippen LogP contribution in [-0.2, 0) is 11.2 Å². The molecule has 1 rings (SSSR count). The highest BCUT2D eigenvalue weighted by molar-refractivity contribution is 9.10. The van der Waals surface area contributed by atoms with E-state index in [2.05, 4.69) is 21.2 Å². The average molecular weight is 303 g/mol. The molecule has 0 aliphatic carbocycles. The van der Waals surface area contributed by atoms with Gasteiger partial charge in [-0.1, -0.05) is 15.9 Å². The number of hydrogen-bond donors (Lipinski definition) is 1. The number of nitrogens with zero attached hydrogens (tertiary/aromatic N) is 1. The molecule has 0 spiro atoms. The van der Waals surface area contributed by atoms with E-state index < -0.39 is 0 Å². The molecule has 0 bridgehead atoms. The Balaban J connectivity index is 2.55. The lowest BCUT2D eigenvalue weighted by Gasteiger charge is -2.17. The van der Waals surface area contributed by atoms with Crippen LogP contribution in [0.25, 0.3) is 0 Å². The maximum atomic E-state index is 13.4. The molecule has 0 atom stereocenters. The molecule has 0 heterocycles. The molecule has 0 aromatic heterocycles. The summed E-state index contributed by atoms with van der Waals surface area (Å²) in [5.74, 6) is -0.231. The third kappa shape index (κ3) is 4.44. The Morgan fingerprint density at radius 3 is 2.88 bits per heavy atom. The third-order valence-electron chi connectivity index (χ3n) is 2.48. The van der Waals surface area contributed by atoms with E-state index in [9.17, 15) is 9.18 Å². The smallest absolute Gasteiger partial charge is 0.236 e. The largest absolute Gasteiger partial charge is 0.344 e. The number of benzene rings is 1. The van der Waals surface area contributed by atoms with Gasteiger partial charge in [-0.2, -0.15) is 0 Å². The molecule has 1 N–H and O–H groups in total. The van der Waals surface area contributed by atoms with Gasteiger partial charge in [-0.25, -0.2) is 4.39 Å². The van der Waals surface area contributed by atoms with Crippen LogP contribution in [0, 0.1) is 5.82 Å². The molecule has 1 aromatic rings. The van der Waals surface area contributed by atoms with Crippen molar-refractivity contribution in [2.24, 2.45) is 0 Å². The molecule has 3 nitrogen and oxygen atoms in total. The molecule has 0 radical (unpaired) electrons. The fourth-order valence-corrected chi connectivity index (χ4v) is 1.84. The van der Waals surface area contributed by atoms with Crippen LogP contribution in [0.3, 0.4) is 0 Å². The van der Waals surface area contributed by atoms with Crippen molar-refractivity contribution in [1.82, 2.24) is 10.2 Å². The topological polar surface area (TPSA) is 32.3 Å². The van der Waals surface area contributed by atoms with E-state index in [1.54, 1.807) is 31.1 Å². The Hall–Kier alpha value is -0.940. The van der Waals surface area contributed by atoms with Gasteiger partial charge in [0.1, 0.15) is 5.82 Å². The summed E-state index contributed by atoms with van der Waals surface area (Å²) >= 11 is 3.30. The second-order valence-electron chi connectivity index (χ2n) is 3.83. The van der Waals surface area contributed by atoms with Gasteiger partial charge in [-0.3, -0.25) is 4.79 Å². The lowest BCUT2D eigenvalue weighted by atomic mass is 10.1. The maximum Gasteiger partial charge on any atom is 0.236 e. The van der Waals surface area contributed by atoms with Crippen molar-refractivity contribution in [2.75, 3.05) is 27.2 Å². The number of rotatable bonds is 5. The summed E-state index contributed by atoms with van der Waals surface area (Å²) in [6, 6.07) is 4.83. The van der Waals surface area contributed by atoms with E-state index in [1.165, 1.54) is 6.07 Å². The standard InChI is InChI=1S/C12H16BrFN2O/c1-15-8-12(17)16(2)6-5-9-7-10(13)3-4-11(9)14/h3-4,7,15H,5-6,8H2,1-2H3. The summed E-state index contributed by atoms with van der Waals surface area (Å²) in [6.07, 6.45) is 0.511. The van der Waals surface area contributed by atoms with E-state index >= 15 is 0 Å². The van der Waals surface area contributed by atoms with Gasteiger partial charge >= 0.3 is 0 Å². The van der Waals surface area contributed by atoms with Crippen LogP contribution in [0.5, 0.6) is 0 Å². The van der Waals surface area contributed by atoms with Gasteiger partial charge in [-0.15, -0.1) is 0 Å². The highest BCUT2D eigenvalue weighted by Gasteiger charge is 2.09. The SMILES string of the molecule is CNCC(=O)N(C)CCc1cc(Br)ccc1F. The molecule has 0 fully saturated rings. The number of likely N-dealkylation sites (N-methyl/N-ethyl adjacent to an activating group) is 2. The molecule has 5 heteroatoms. The molecule has 0 saturated heterocycles. The van der Waals surface area contributed by atoms with E-state index in [1.807, 2.05) is 0 Å². The van der Waals surface area contributed by atoms with Crippen LogP contribution in [-0.4, -0.2) is 38.0 Å². The number of amides is 1. The number of nitrogens with one attached hydrogen (secondary N) is 1. The van der Waals surface area contributed by atoms with Crippen LogP contribution in [0.1, 0.15) is 5.56 Å². The van der Waals surface area contributed by atoms with Gasteiger partial charge in [-0.05, 0) is 37.2 Å². The van der Waals surface area contributed by atoms with Crippen molar-refractivity contribution < 1.29 is 9.18 Å². The number of halogens is 2. The lowest BCUT2D eigenvalue weighted by Crippen LogP contribution is -2.35. The minimum atomic E-state index is -0.234. The number of hydrogen-bond acceptors (Lipinski definition) is 2. The van der Waals surface area contributed by atoms with Crippen molar-refractivity contribution >= 4 is 21.8 Å². The van der Waals surface area contributed by atoms with Crippen LogP contribution in [0.4, 0.5) is 4.39 Å². The molecule has 0 aliphatic rings. The first kappa shape index (κ1) is 14.1. The van der Waals surface area contributed by atoms with Gasteiger partial charge in [0.2, 0.25) is 5.91 Å². The van der Waals surface area contributed by atoms with Gasteiger partial charge < -0.3 is 10.2 Å². The molecular weight excluding hydrogens is 287 g/mol. The minimum absolute atomic E-state index is 0.00269. The average Bonchev–Trinajstić information content (AvgIpc) is 2.30. The zero-order chi connectivity index (χ0) is 12.8. The quantitative estimate of drug-likeness (QED) is 0.900. The summed E-state index contributed by atoms with van der Waals surface area (Å²) in [5, 5.41) is 2.79. The molecule has 0 unspecified atom stereocenters. The third-order valence-corrected chi connectivity index (χ3v) is 2.97. The molecule has 1 aromatic carbocycles. The van der Waals surface area contributed by atoms with Crippen molar-refractivity contribution in [3.8, 4) is 0 Å². The summed E-state index contributed by atoms with van der Waals surface area (Å²) in [6.45, 7) is 0.811. The highest BCUT2D eigenvalue weighted by Crippen LogP contribution is 2.16. The molecule has 17 heavy (non-hydrogen) atoms. The second kappa shape index (κ2) is 6.71. The Bertz CT molecular complexity index is 398. The van der Waals surface area contributed by atoms with E-state index in [0.29, 0.717) is 25.1 Å². The summed E-state index contributed by atoms with van der Waals surface area (Å²) in [4.78, 5) is 13.1. The molecule has 0 saturated carbocycles. The van der Waals surface area contributed by atoms with Crippen LogP contribution in [0.2, 0.25) is 0 Å². The van der Waals surface area contributed by atoms with E-state index in [4.69, 9.17) is 0 Å². The van der Waals surface area contributed by atoms with Gasteiger partial charge in [0, 0.05) is 18.1 Å². The highest BCUT2D eigenvalue weighted by atomic mass is 79.9. The Morgan fingerprint density at radius 1 is 1.53 bits per heavy atom. The van der Waals surface area contributed by atoms with Crippen molar-refractivity contribution in [2.45, 2.75) is 6.42 Å². The van der Waals surface area contributed by atoms with Crippen molar-refractivity contribution in [1.29, 1.82) is 0 Å². The first-order chi connectivity index (χ1) is 8.04. The normalized spacial score (nSPS) is 10.4. The fraction of sp³-hybridized carbons (Fsp3) is 0.417. The Labute approximate surface area is 109 Å². The molecule has 94 valence electrons. The van der Waals surface area contributed by atoms with Crippen LogP contribution in [0.15, 0.2) is 22.7 Å². The van der Waals surface area contributed by atoms with Crippen molar-refractivity contribution in [3.05, 3.63) is 34.1 Å². The first-order valence-electron chi connectivity index (χ1n) is 5.37. The summed E-state index contributed by atoms with van der Waals surface area (Å²) < 4.78 is 14.3. The summed E-state index contributed by atoms with van der Waals surface area (Å²) in [7, 11) is 3.44. The monoisotopic (exact) mass is 302 g/mol. The predicted molar refractivity (Wildman–Crippen MR) is 69.4 cm³/mol. The van der Waals surface area contributed by atoms with Gasteiger partial charge in [0.15, 0.2) is 0 Å². The van der Waals surface area contributed by atoms with Gasteiger partial charge in [0.05, 0.1) is 6.54 Å². The number of carbonyl (C=O) groups excluding carboxylic acids is 1. The zero-order valence-corrected chi connectivity index (χ0v) is 11.6. The van der Waals surface area contributed by atoms with Crippen LogP contribution < -0.4 is 5.32 Å². The van der Waals surface area contributed by atoms with E-state index in [0.717, 1.165) is 4.47 Å². The first-order valence-corrected chi connectivity index (χ1v) is 6.16. The molecular formula is C12H16BrFN2O. The maximum absolute atomic E-state index is 13.4. The second-order valence-corrected chi connectivity index (χ2v) is 4.75.